The van der Waals surface area contributed by atoms with Gasteiger partial charge in [0, 0.05) is 24.3 Å². The van der Waals surface area contributed by atoms with Gasteiger partial charge in [-0.1, -0.05) is 6.07 Å². The normalized spacial score (nSPS) is 15.6. The van der Waals surface area contributed by atoms with Crippen LogP contribution in [0.15, 0.2) is 47.4 Å². The van der Waals surface area contributed by atoms with Gasteiger partial charge in [-0.3, -0.25) is 4.79 Å². The highest BCUT2D eigenvalue weighted by atomic mass is 32.2. The number of benzene rings is 2. The summed E-state index contributed by atoms with van der Waals surface area (Å²) in [7, 11) is -4.09. The molecule has 1 aliphatic rings. The number of rotatable bonds is 4. The molecule has 3 rings (SSSR count). The van der Waals surface area contributed by atoms with Crippen molar-refractivity contribution in [2.75, 3.05) is 18.4 Å². The van der Waals surface area contributed by atoms with Gasteiger partial charge in [0.1, 0.15) is 10.7 Å². The highest BCUT2D eigenvalue weighted by molar-refractivity contribution is 7.89. The van der Waals surface area contributed by atoms with Gasteiger partial charge in [-0.15, -0.1) is 0 Å². The molecule has 2 aromatic carbocycles. The minimum absolute atomic E-state index is 0.117. The monoisotopic (exact) mass is 416 g/mol. The molecule has 0 atom stereocenters. The van der Waals surface area contributed by atoms with Crippen molar-refractivity contribution in [2.24, 2.45) is 0 Å². The molecule has 0 bridgehead atoms. The summed E-state index contributed by atoms with van der Waals surface area (Å²) >= 11 is 0. The Balaban J connectivity index is 1.87. The minimum atomic E-state index is -4.58. The summed E-state index contributed by atoms with van der Waals surface area (Å²) in [6.07, 6.45) is -3.25. The second-order valence-electron chi connectivity index (χ2n) is 6.29. The molecule has 1 saturated heterocycles. The van der Waals surface area contributed by atoms with Crippen LogP contribution in [0.4, 0.5) is 23.2 Å². The molecular formula is C18H16F4N2O3S. The van der Waals surface area contributed by atoms with Crippen molar-refractivity contribution in [1.82, 2.24) is 4.31 Å². The molecule has 1 fully saturated rings. The van der Waals surface area contributed by atoms with E-state index in [1.807, 2.05) is 0 Å². The maximum absolute atomic E-state index is 14.1. The molecule has 0 saturated carbocycles. The van der Waals surface area contributed by atoms with Crippen LogP contribution in [0.2, 0.25) is 0 Å². The Kier molecular flexibility index (Phi) is 5.44. The molecule has 0 aromatic heterocycles. The fraction of sp³-hybridized carbons (Fsp3) is 0.278. The first-order valence-electron chi connectivity index (χ1n) is 8.37. The van der Waals surface area contributed by atoms with E-state index in [0.29, 0.717) is 12.8 Å². The highest BCUT2D eigenvalue weighted by Crippen LogP contribution is 2.31. The van der Waals surface area contributed by atoms with E-state index in [1.165, 1.54) is 6.07 Å². The van der Waals surface area contributed by atoms with Gasteiger partial charge in [0.25, 0.3) is 5.91 Å². The summed E-state index contributed by atoms with van der Waals surface area (Å²) in [4.78, 5) is 11.7. The van der Waals surface area contributed by atoms with Crippen LogP contribution >= 0.6 is 0 Å². The molecule has 0 spiro atoms. The average molecular weight is 416 g/mol. The predicted molar refractivity (Wildman–Crippen MR) is 93.8 cm³/mol. The number of hydrogen-bond donors (Lipinski definition) is 1. The number of amides is 1. The fourth-order valence-electron chi connectivity index (χ4n) is 2.89. The van der Waals surface area contributed by atoms with E-state index in [0.717, 1.165) is 40.7 Å². The summed E-state index contributed by atoms with van der Waals surface area (Å²) in [5.41, 5.74) is -1.24. The topological polar surface area (TPSA) is 66.5 Å². The zero-order valence-electron chi connectivity index (χ0n) is 14.5. The van der Waals surface area contributed by atoms with Gasteiger partial charge in [-0.25, -0.2) is 12.8 Å². The van der Waals surface area contributed by atoms with Crippen LogP contribution in [0.5, 0.6) is 0 Å². The van der Waals surface area contributed by atoms with Crippen molar-refractivity contribution in [2.45, 2.75) is 23.9 Å². The second-order valence-corrected chi connectivity index (χ2v) is 8.20. The third-order valence-corrected chi connectivity index (χ3v) is 6.24. The molecule has 1 aliphatic heterocycles. The first-order valence-corrected chi connectivity index (χ1v) is 9.81. The maximum Gasteiger partial charge on any atom is 0.416 e. The lowest BCUT2D eigenvalue weighted by Crippen LogP contribution is -2.29. The smallest absolute Gasteiger partial charge is 0.322 e. The number of nitrogens with one attached hydrogen (secondary N) is 1. The Bertz CT molecular complexity index is 1000. The van der Waals surface area contributed by atoms with Gasteiger partial charge in [-0.2, -0.15) is 17.5 Å². The van der Waals surface area contributed by atoms with E-state index < -0.39 is 38.4 Å². The molecule has 28 heavy (non-hydrogen) atoms. The van der Waals surface area contributed by atoms with Crippen molar-refractivity contribution in [3.8, 4) is 0 Å². The van der Waals surface area contributed by atoms with Gasteiger partial charge in [0.2, 0.25) is 10.0 Å². The van der Waals surface area contributed by atoms with E-state index in [-0.39, 0.29) is 24.3 Å². The van der Waals surface area contributed by atoms with Gasteiger partial charge < -0.3 is 5.32 Å². The van der Waals surface area contributed by atoms with Crippen LogP contribution < -0.4 is 5.32 Å². The maximum atomic E-state index is 14.1. The van der Waals surface area contributed by atoms with Crippen LogP contribution in [0.1, 0.15) is 28.8 Å². The lowest BCUT2D eigenvalue weighted by molar-refractivity contribution is -0.137. The molecule has 2 aromatic rings. The molecule has 5 nitrogen and oxygen atoms in total. The van der Waals surface area contributed by atoms with Crippen molar-refractivity contribution < 1.29 is 30.8 Å². The molecule has 0 radical (unpaired) electrons. The quantitative estimate of drug-likeness (QED) is 0.770. The number of nitrogens with zero attached hydrogens (tertiary/aromatic N) is 1. The minimum Gasteiger partial charge on any atom is -0.322 e. The lowest BCUT2D eigenvalue weighted by Gasteiger charge is -2.16. The zero-order chi connectivity index (χ0) is 20.5. The third-order valence-electron chi connectivity index (χ3n) is 4.32. The average Bonchev–Trinajstić information content (AvgIpc) is 3.17. The zero-order valence-corrected chi connectivity index (χ0v) is 15.3. The van der Waals surface area contributed by atoms with E-state index in [1.54, 1.807) is 0 Å². The van der Waals surface area contributed by atoms with Gasteiger partial charge >= 0.3 is 6.18 Å². The van der Waals surface area contributed by atoms with Crippen LogP contribution in [-0.4, -0.2) is 31.7 Å². The SMILES string of the molecule is O=C(Nc1cccc(C(F)(F)F)c1)c1ccc(F)c(S(=O)(=O)N2CCCC2)c1. The molecular weight excluding hydrogens is 400 g/mol. The Morgan fingerprint density at radius 2 is 1.71 bits per heavy atom. The molecule has 0 aliphatic carbocycles. The number of sulfonamides is 1. The third kappa shape index (κ3) is 4.17. The van der Waals surface area contributed by atoms with Crippen LogP contribution in [0, 0.1) is 5.82 Å². The number of alkyl halides is 3. The highest BCUT2D eigenvalue weighted by Gasteiger charge is 2.31. The van der Waals surface area contributed by atoms with Gasteiger partial charge in [0.05, 0.1) is 5.56 Å². The van der Waals surface area contributed by atoms with Crippen LogP contribution in [0.25, 0.3) is 0 Å². The van der Waals surface area contributed by atoms with Crippen LogP contribution in [-0.2, 0) is 16.2 Å². The molecule has 10 heteroatoms. The van der Waals surface area contributed by atoms with Crippen LogP contribution in [0.3, 0.4) is 0 Å². The van der Waals surface area contributed by atoms with Crippen molar-refractivity contribution >= 4 is 21.6 Å². The molecule has 150 valence electrons. The summed E-state index contributed by atoms with van der Waals surface area (Å²) in [5.74, 6) is -1.85. The second kappa shape index (κ2) is 7.51. The summed E-state index contributed by atoms with van der Waals surface area (Å²) in [5, 5.41) is 2.27. The Labute approximate surface area is 159 Å². The molecule has 1 N–H and O–H groups in total. The van der Waals surface area contributed by atoms with Gasteiger partial charge in [-0.05, 0) is 49.2 Å². The molecule has 1 heterocycles. The van der Waals surface area contributed by atoms with Crippen molar-refractivity contribution in [3.63, 3.8) is 0 Å². The summed E-state index contributed by atoms with van der Waals surface area (Å²) < 4.78 is 78.8. The summed E-state index contributed by atoms with van der Waals surface area (Å²) in [6, 6.07) is 6.82. The first-order chi connectivity index (χ1) is 13.1. The number of anilines is 1. The number of halogens is 4. The standard InChI is InChI=1S/C18H16F4N2O3S/c19-15-7-6-12(10-16(15)28(26,27)24-8-1-2-9-24)17(25)23-14-5-3-4-13(11-14)18(20,21)22/h3-7,10-11H,1-2,8-9H2,(H,23,25). The molecule has 1 amide bonds. The lowest BCUT2D eigenvalue weighted by atomic mass is 10.1. The van der Waals surface area contributed by atoms with Gasteiger partial charge in [0.15, 0.2) is 0 Å². The van der Waals surface area contributed by atoms with Crippen molar-refractivity contribution in [1.29, 1.82) is 0 Å². The van der Waals surface area contributed by atoms with Crippen molar-refractivity contribution in [3.05, 3.63) is 59.4 Å². The summed E-state index contributed by atoms with van der Waals surface area (Å²) in [6.45, 7) is 0.533. The fourth-order valence-corrected chi connectivity index (χ4v) is 4.49. The Hall–Kier alpha value is -2.46. The Morgan fingerprint density at radius 3 is 2.36 bits per heavy atom. The number of carbonyl (C=O) groups is 1. The number of hydrogen-bond acceptors (Lipinski definition) is 3. The van der Waals surface area contributed by atoms with E-state index in [9.17, 15) is 30.8 Å². The predicted octanol–water partition coefficient (Wildman–Crippen LogP) is 3.88. The van der Waals surface area contributed by atoms with E-state index >= 15 is 0 Å². The largest absolute Gasteiger partial charge is 0.416 e. The first kappa shape index (κ1) is 20.3. The molecule has 0 unspecified atom stereocenters. The van der Waals surface area contributed by atoms with E-state index in [4.69, 9.17) is 0 Å². The Morgan fingerprint density at radius 1 is 1.04 bits per heavy atom. The van der Waals surface area contributed by atoms with E-state index in [2.05, 4.69) is 5.32 Å². The number of carbonyl (C=O) groups excluding carboxylic acids is 1.